The maximum Gasteiger partial charge on any atom is 0.321 e. The average molecular weight is 539 g/mol. The lowest BCUT2D eigenvalue weighted by molar-refractivity contribution is -0.146. The summed E-state index contributed by atoms with van der Waals surface area (Å²) in [5.41, 5.74) is 3.24. The molecule has 0 bridgehead atoms. The molecule has 3 N–H and O–H groups in total. The lowest BCUT2D eigenvalue weighted by Gasteiger charge is -2.41. The molecular weight excluding hydrogens is 508 g/mol. The maximum atomic E-state index is 12.7. The fourth-order valence-corrected chi connectivity index (χ4v) is 6.16. The maximum absolute atomic E-state index is 12.7. The third kappa shape index (κ3) is 5.23. The number of carbonyl (C=O) groups excluding carboxylic acids is 1. The quantitative estimate of drug-likeness (QED) is 0.399. The number of amides is 2. The van der Waals surface area contributed by atoms with Crippen molar-refractivity contribution >= 4 is 44.5 Å². The topological polar surface area (TPSA) is 88.7 Å². The Bertz CT molecular complexity index is 1200. The van der Waals surface area contributed by atoms with Crippen LogP contribution in [0, 0.1) is 5.92 Å². The fraction of sp³-hybridized carbons (Fsp3) is 0.407. The molecule has 7 nitrogen and oxygen atoms in total. The number of nitrogens with one attached hydrogen (secondary N) is 2. The summed E-state index contributed by atoms with van der Waals surface area (Å²) in [6, 6.07) is 15.3. The lowest BCUT2D eigenvalue weighted by atomic mass is 9.84. The van der Waals surface area contributed by atoms with Crippen molar-refractivity contribution < 1.29 is 14.7 Å². The predicted octanol–water partition coefficient (Wildman–Crippen LogP) is 5.51. The Kier molecular flexibility index (Phi) is 7.11. The van der Waals surface area contributed by atoms with Gasteiger partial charge in [-0.1, -0.05) is 40.2 Å². The largest absolute Gasteiger partial charge is 0.480 e. The lowest BCUT2D eigenvalue weighted by Crippen LogP contribution is -2.52. The number of likely N-dealkylation sites (tertiary alicyclic amines) is 2. The summed E-state index contributed by atoms with van der Waals surface area (Å²) in [4.78, 5) is 32.4. The minimum atomic E-state index is -0.743. The molecular formula is C27H31BrN4O3. The second-order valence-corrected chi connectivity index (χ2v) is 10.6. The number of hydrogen-bond donors (Lipinski definition) is 3. The SMILES string of the molecule is O=C(O)C(C1CCN(C(=O)Nc2cccc(Br)c2)CC1)N1CCC(c2c[nH]c3ccccc23)CC1. The van der Waals surface area contributed by atoms with Gasteiger partial charge in [-0.25, -0.2) is 4.79 Å². The molecule has 1 aromatic heterocycles. The van der Waals surface area contributed by atoms with Crippen molar-refractivity contribution in [2.24, 2.45) is 5.92 Å². The number of aliphatic carboxylic acids is 1. The van der Waals surface area contributed by atoms with E-state index in [1.807, 2.05) is 30.3 Å². The molecule has 8 heteroatoms. The van der Waals surface area contributed by atoms with Crippen molar-refractivity contribution in [3.63, 3.8) is 0 Å². The van der Waals surface area contributed by atoms with E-state index in [0.29, 0.717) is 31.8 Å². The van der Waals surface area contributed by atoms with Gasteiger partial charge in [0.1, 0.15) is 6.04 Å². The van der Waals surface area contributed by atoms with Gasteiger partial charge in [0, 0.05) is 40.3 Å². The predicted molar refractivity (Wildman–Crippen MR) is 141 cm³/mol. The summed E-state index contributed by atoms with van der Waals surface area (Å²) in [6.45, 7) is 2.70. The van der Waals surface area contributed by atoms with Crippen molar-refractivity contribution in [2.45, 2.75) is 37.6 Å². The highest BCUT2D eigenvalue weighted by molar-refractivity contribution is 9.10. The van der Waals surface area contributed by atoms with E-state index in [2.05, 4.69) is 55.5 Å². The van der Waals surface area contributed by atoms with Crippen LogP contribution in [0.4, 0.5) is 10.5 Å². The Balaban J connectivity index is 1.17. The van der Waals surface area contributed by atoms with E-state index in [1.54, 1.807) is 4.90 Å². The molecule has 0 spiro atoms. The van der Waals surface area contributed by atoms with Gasteiger partial charge in [0.05, 0.1) is 0 Å². The highest BCUT2D eigenvalue weighted by Crippen LogP contribution is 2.35. The van der Waals surface area contributed by atoms with Gasteiger partial charge in [0.2, 0.25) is 0 Å². The van der Waals surface area contributed by atoms with Crippen LogP contribution in [0.5, 0.6) is 0 Å². The van der Waals surface area contributed by atoms with E-state index in [0.717, 1.165) is 41.6 Å². The minimum Gasteiger partial charge on any atom is -0.480 e. The molecule has 184 valence electrons. The molecule has 0 aliphatic carbocycles. The molecule has 2 fully saturated rings. The number of aromatic nitrogens is 1. The number of fused-ring (bicyclic) bond motifs is 1. The number of carbonyl (C=O) groups is 2. The van der Waals surface area contributed by atoms with Gasteiger partial charge < -0.3 is 20.3 Å². The van der Waals surface area contributed by atoms with Gasteiger partial charge in [0.25, 0.3) is 0 Å². The first-order valence-corrected chi connectivity index (χ1v) is 13.1. The number of benzene rings is 2. The van der Waals surface area contributed by atoms with Gasteiger partial charge in [-0.15, -0.1) is 0 Å². The molecule has 2 aromatic carbocycles. The highest BCUT2D eigenvalue weighted by atomic mass is 79.9. The summed E-state index contributed by atoms with van der Waals surface area (Å²) >= 11 is 3.42. The fourth-order valence-electron chi connectivity index (χ4n) is 5.76. The van der Waals surface area contributed by atoms with Crippen LogP contribution in [-0.4, -0.2) is 64.1 Å². The van der Waals surface area contributed by atoms with E-state index >= 15 is 0 Å². The van der Waals surface area contributed by atoms with E-state index in [9.17, 15) is 14.7 Å². The van der Waals surface area contributed by atoms with Crippen molar-refractivity contribution in [3.8, 4) is 0 Å². The molecule has 2 aliphatic rings. The van der Waals surface area contributed by atoms with E-state index in [4.69, 9.17) is 0 Å². The van der Waals surface area contributed by atoms with Gasteiger partial charge in [-0.2, -0.15) is 0 Å². The molecule has 2 saturated heterocycles. The van der Waals surface area contributed by atoms with Crippen LogP contribution in [0.1, 0.15) is 37.2 Å². The van der Waals surface area contributed by atoms with E-state index in [-0.39, 0.29) is 11.9 Å². The Morgan fingerprint density at radius 1 is 1.00 bits per heavy atom. The summed E-state index contributed by atoms with van der Waals surface area (Å²) in [6.07, 6.45) is 5.43. The summed E-state index contributed by atoms with van der Waals surface area (Å²) in [7, 11) is 0. The third-order valence-electron chi connectivity index (χ3n) is 7.59. The number of para-hydroxylation sites is 1. The minimum absolute atomic E-state index is 0.0482. The second-order valence-electron chi connectivity index (χ2n) is 9.65. The van der Waals surface area contributed by atoms with E-state index in [1.165, 1.54) is 10.9 Å². The number of H-pyrrole nitrogens is 1. The monoisotopic (exact) mass is 538 g/mol. The third-order valence-corrected chi connectivity index (χ3v) is 8.08. The van der Waals surface area contributed by atoms with Crippen LogP contribution < -0.4 is 5.32 Å². The Hall–Kier alpha value is -2.84. The van der Waals surface area contributed by atoms with E-state index < -0.39 is 12.0 Å². The molecule has 2 amide bonds. The highest BCUT2D eigenvalue weighted by Gasteiger charge is 2.38. The van der Waals surface area contributed by atoms with Gasteiger partial charge >= 0.3 is 12.0 Å². The number of nitrogens with zero attached hydrogens (tertiary/aromatic N) is 2. The molecule has 1 atom stereocenters. The zero-order chi connectivity index (χ0) is 24.4. The standard InChI is InChI=1S/C27H31BrN4O3/c28-20-4-3-5-21(16-20)30-27(35)32-14-10-19(11-15-32)25(26(33)34)31-12-8-18(9-13-31)23-17-29-24-7-2-1-6-22(23)24/h1-7,16-19,25,29H,8-15H2,(H,30,35)(H,33,34). The Morgan fingerprint density at radius 3 is 2.46 bits per heavy atom. The van der Waals surface area contributed by atoms with Crippen LogP contribution in [-0.2, 0) is 4.79 Å². The molecule has 1 unspecified atom stereocenters. The van der Waals surface area contributed by atoms with Crippen molar-refractivity contribution in [3.05, 3.63) is 64.8 Å². The first kappa shape index (κ1) is 23.9. The number of rotatable bonds is 5. The Labute approximate surface area is 213 Å². The first-order chi connectivity index (χ1) is 17.0. The molecule has 2 aliphatic heterocycles. The number of aromatic amines is 1. The number of urea groups is 1. The summed E-state index contributed by atoms with van der Waals surface area (Å²) < 4.78 is 0.909. The molecule has 0 radical (unpaired) electrons. The smallest absolute Gasteiger partial charge is 0.321 e. The first-order valence-electron chi connectivity index (χ1n) is 12.3. The number of anilines is 1. The normalized spacial score (nSPS) is 19.1. The molecule has 35 heavy (non-hydrogen) atoms. The van der Waals surface area contributed by atoms with Gasteiger partial charge in [0.15, 0.2) is 0 Å². The number of halogens is 1. The van der Waals surface area contributed by atoms with Crippen LogP contribution in [0.25, 0.3) is 10.9 Å². The summed E-state index contributed by atoms with van der Waals surface area (Å²) in [5, 5.41) is 14.3. The number of piperidine rings is 2. The average Bonchev–Trinajstić information content (AvgIpc) is 3.29. The van der Waals surface area contributed by atoms with Crippen LogP contribution in [0.3, 0.4) is 0 Å². The van der Waals surface area contributed by atoms with Crippen LogP contribution in [0.15, 0.2) is 59.2 Å². The molecule has 5 rings (SSSR count). The van der Waals surface area contributed by atoms with Crippen LogP contribution in [0.2, 0.25) is 0 Å². The summed E-state index contributed by atoms with van der Waals surface area (Å²) in [5.74, 6) is -0.250. The zero-order valence-electron chi connectivity index (χ0n) is 19.6. The molecule has 0 saturated carbocycles. The van der Waals surface area contributed by atoms with Crippen molar-refractivity contribution in [1.82, 2.24) is 14.8 Å². The zero-order valence-corrected chi connectivity index (χ0v) is 21.2. The van der Waals surface area contributed by atoms with Gasteiger partial charge in [-0.3, -0.25) is 9.69 Å². The number of carboxylic acid groups (broad SMARTS) is 1. The number of hydrogen-bond acceptors (Lipinski definition) is 3. The Morgan fingerprint density at radius 2 is 1.74 bits per heavy atom. The van der Waals surface area contributed by atoms with Crippen molar-refractivity contribution in [1.29, 1.82) is 0 Å². The van der Waals surface area contributed by atoms with Gasteiger partial charge in [-0.05, 0) is 80.4 Å². The molecule has 3 heterocycles. The molecule has 3 aromatic rings. The van der Waals surface area contributed by atoms with Crippen molar-refractivity contribution in [2.75, 3.05) is 31.5 Å². The number of carboxylic acids is 1. The second kappa shape index (κ2) is 10.4. The van der Waals surface area contributed by atoms with Crippen LogP contribution >= 0.6 is 15.9 Å².